The molecule has 32 heavy (non-hydrogen) atoms. The average molecular weight is 479 g/mol. The van der Waals surface area contributed by atoms with Crippen molar-refractivity contribution in [3.05, 3.63) is 70.8 Å². The molecule has 0 unspecified atom stereocenters. The molecule has 10 heteroatoms. The third-order valence-corrected chi connectivity index (χ3v) is 7.56. The fourth-order valence-corrected chi connectivity index (χ4v) is 5.35. The molecular weight excluding hydrogens is 455 g/mol. The number of hydrogen-bond donors (Lipinski definition) is 1. The minimum Gasteiger partial charge on any atom is -0.322 e. The van der Waals surface area contributed by atoms with Gasteiger partial charge in [-0.15, -0.1) is 0 Å². The quantitative estimate of drug-likeness (QED) is 0.516. The van der Waals surface area contributed by atoms with E-state index in [2.05, 4.69) is 10.4 Å². The van der Waals surface area contributed by atoms with Gasteiger partial charge in [0.25, 0.3) is 5.91 Å². The summed E-state index contributed by atoms with van der Waals surface area (Å²) in [5, 5.41) is 7.08. The molecule has 2 aromatic carbocycles. The summed E-state index contributed by atoms with van der Waals surface area (Å²) in [7, 11) is -3.80. The van der Waals surface area contributed by atoms with Crippen molar-refractivity contribution < 1.29 is 17.6 Å². The van der Waals surface area contributed by atoms with Gasteiger partial charge >= 0.3 is 0 Å². The molecule has 0 spiro atoms. The molecule has 0 fully saturated rings. The molecule has 3 rings (SSSR count). The first kappa shape index (κ1) is 23.9. The zero-order valence-electron chi connectivity index (χ0n) is 18.0. The van der Waals surface area contributed by atoms with E-state index < -0.39 is 15.9 Å². The van der Waals surface area contributed by atoms with Crippen LogP contribution in [0.4, 0.5) is 10.1 Å². The van der Waals surface area contributed by atoms with Crippen LogP contribution in [0.1, 0.15) is 36.8 Å². The Hall–Kier alpha value is -2.75. The van der Waals surface area contributed by atoms with Gasteiger partial charge in [0.1, 0.15) is 10.7 Å². The largest absolute Gasteiger partial charge is 0.322 e. The molecule has 0 saturated carbocycles. The maximum atomic E-state index is 13.3. The summed E-state index contributed by atoms with van der Waals surface area (Å²) in [5.74, 6) is -0.807. The van der Waals surface area contributed by atoms with Crippen LogP contribution in [0.15, 0.2) is 53.6 Å². The predicted octanol–water partition coefficient (Wildman–Crippen LogP) is 4.51. The topological polar surface area (TPSA) is 84.3 Å². The zero-order valence-corrected chi connectivity index (χ0v) is 19.5. The van der Waals surface area contributed by atoms with Crippen molar-refractivity contribution in [2.24, 2.45) is 0 Å². The summed E-state index contributed by atoms with van der Waals surface area (Å²) in [4.78, 5) is 12.9. The van der Waals surface area contributed by atoms with E-state index >= 15 is 0 Å². The predicted molar refractivity (Wildman–Crippen MR) is 122 cm³/mol. The highest BCUT2D eigenvalue weighted by atomic mass is 35.5. The number of amides is 1. The van der Waals surface area contributed by atoms with E-state index in [1.807, 2.05) is 6.92 Å². The Morgan fingerprint density at radius 2 is 1.78 bits per heavy atom. The molecule has 0 aliphatic carbocycles. The van der Waals surface area contributed by atoms with E-state index in [0.29, 0.717) is 42.1 Å². The number of carbonyl (C=O) groups excluding carboxylic acids is 1. The number of nitrogens with zero attached hydrogens (tertiary/aromatic N) is 3. The van der Waals surface area contributed by atoms with Crippen LogP contribution in [0, 0.1) is 5.82 Å². The Balaban J connectivity index is 1.92. The lowest BCUT2D eigenvalue weighted by molar-refractivity contribution is 0.102. The summed E-state index contributed by atoms with van der Waals surface area (Å²) in [6.07, 6.45) is 1.93. The maximum Gasteiger partial charge on any atom is 0.259 e. The van der Waals surface area contributed by atoms with Crippen molar-refractivity contribution in [3.63, 3.8) is 0 Å². The van der Waals surface area contributed by atoms with Crippen LogP contribution in [0.2, 0.25) is 5.02 Å². The Kier molecular flexibility index (Phi) is 7.33. The molecule has 1 N–H and O–H groups in total. The molecule has 0 bridgehead atoms. The van der Waals surface area contributed by atoms with Crippen LogP contribution in [-0.4, -0.2) is 41.5 Å². The number of benzene rings is 2. The monoisotopic (exact) mass is 478 g/mol. The molecule has 0 aliphatic rings. The number of hydrogen-bond acceptors (Lipinski definition) is 4. The first-order valence-corrected chi connectivity index (χ1v) is 12.0. The molecule has 170 valence electrons. The first-order chi connectivity index (χ1) is 15.2. The number of carbonyl (C=O) groups is 1. The van der Waals surface area contributed by atoms with Crippen molar-refractivity contribution in [2.75, 3.05) is 18.4 Å². The molecule has 3 aromatic rings. The zero-order chi connectivity index (χ0) is 23.5. The van der Waals surface area contributed by atoms with Gasteiger partial charge in [-0.25, -0.2) is 17.5 Å². The Bertz CT molecular complexity index is 1220. The van der Waals surface area contributed by atoms with E-state index in [9.17, 15) is 17.6 Å². The Labute approximate surface area is 191 Å². The molecule has 0 aliphatic heterocycles. The van der Waals surface area contributed by atoms with Gasteiger partial charge in [0.2, 0.25) is 10.0 Å². The minimum absolute atomic E-state index is 0.0709. The smallest absolute Gasteiger partial charge is 0.259 e. The molecule has 0 saturated heterocycles. The lowest BCUT2D eigenvalue weighted by Gasteiger charge is -2.19. The lowest BCUT2D eigenvalue weighted by Crippen LogP contribution is -2.30. The van der Waals surface area contributed by atoms with Crippen LogP contribution >= 0.6 is 11.6 Å². The van der Waals surface area contributed by atoms with Gasteiger partial charge in [0, 0.05) is 18.8 Å². The molecule has 7 nitrogen and oxygen atoms in total. The second kappa shape index (κ2) is 9.81. The third kappa shape index (κ3) is 4.69. The van der Waals surface area contributed by atoms with Gasteiger partial charge in [-0.2, -0.15) is 9.40 Å². The van der Waals surface area contributed by atoms with Crippen LogP contribution in [0.5, 0.6) is 0 Å². The standard InChI is InChI=1S/C22H24ClFN4O3S/c1-4-20-18(14-25-28(20)17-10-7-15(24)8-11-17)22(29)26-16-9-12-19(23)21(13-16)32(30,31)27(5-2)6-3/h7-14H,4-6H2,1-3H3,(H,26,29). The molecule has 1 heterocycles. The second-order valence-electron chi connectivity index (χ2n) is 6.94. The number of sulfonamides is 1. The van der Waals surface area contributed by atoms with Crippen LogP contribution < -0.4 is 5.32 Å². The van der Waals surface area contributed by atoms with E-state index in [1.165, 1.54) is 40.8 Å². The van der Waals surface area contributed by atoms with Crippen molar-refractivity contribution >= 4 is 33.2 Å². The highest BCUT2D eigenvalue weighted by molar-refractivity contribution is 7.89. The molecule has 0 radical (unpaired) electrons. The summed E-state index contributed by atoms with van der Waals surface area (Å²) in [6, 6.07) is 10.1. The fraction of sp³-hybridized carbons (Fsp3) is 0.273. The minimum atomic E-state index is -3.80. The molecule has 0 atom stereocenters. The summed E-state index contributed by atoms with van der Waals surface area (Å²) in [6.45, 7) is 5.96. The van der Waals surface area contributed by atoms with Crippen molar-refractivity contribution in [2.45, 2.75) is 32.1 Å². The maximum absolute atomic E-state index is 13.3. The number of aromatic nitrogens is 2. The molecular formula is C22H24ClFN4O3S. The van der Waals surface area contributed by atoms with Crippen molar-refractivity contribution in [3.8, 4) is 5.69 Å². The van der Waals surface area contributed by atoms with Crippen molar-refractivity contribution in [1.29, 1.82) is 0 Å². The third-order valence-electron chi connectivity index (χ3n) is 5.03. The lowest BCUT2D eigenvalue weighted by atomic mass is 10.2. The van der Waals surface area contributed by atoms with Gasteiger partial charge < -0.3 is 5.32 Å². The number of rotatable bonds is 8. The van der Waals surface area contributed by atoms with Gasteiger partial charge in [0.15, 0.2) is 0 Å². The van der Waals surface area contributed by atoms with E-state index in [1.54, 1.807) is 30.7 Å². The average Bonchev–Trinajstić information content (AvgIpc) is 3.20. The van der Waals surface area contributed by atoms with Gasteiger partial charge in [-0.05, 0) is 48.9 Å². The van der Waals surface area contributed by atoms with Gasteiger partial charge in [-0.1, -0.05) is 32.4 Å². The van der Waals surface area contributed by atoms with Crippen LogP contribution in [0.25, 0.3) is 5.69 Å². The van der Waals surface area contributed by atoms with E-state index in [-0.39, 0.29) is 15.7 Å². The SMILES string of the molecule is CCc1c(C(=O)Nc2ccc(Cl)c(S(=O)(=O)N(CC)CC)c2)cnn1-c1ccc(F)cc1. The normalized spacial score (nSPS) is 11.7. The van der Waals surface area contributed by atoms with E-state index in [4.69, 9.17) is 11.6 Å². The van der Waals surface area contributed by atoms with E-state index in [0.717, 1.165) is 0 Å². The van der Waals surface area contributed by atoms with Crippen LogP contribution in [-0.2, 0) is 16.4 Å². The van der Waals surface area contributed by atoms with Crippen molar-refractivity contribution in [1.82, 2.24) is 14.1 Å². The highest BCUT2D eigenvalue weighted by Crippen LogP contribution is 2.28. The Morgan fingerprint density at radius 1 is 1.12 bits per heavy atom. The highest BCUT2D eigenvalue weighted by Gasteiger charge is 2.25. The Morgan fingerprint density at radius 3 is 2.38 bits per heavy atom. The van der Waals surface area contributed by atoms with Crippen LogP contribution in [0.3, 0.4) is 0 Å². The summed E-state index contributed by atoms with van der Waals surface area (Å²) in [5.41, 5.74) is 1.89. The van der Waals surface area contributed by atoms with Gasteiger partial charge in [0.05, 0.1) is 28.2 Å². The number of nitrogens with one attached hydrogen (secondary N) is 1. The summed E-state index contributed by atoms with van der Waals surface area (Å²) >= 11 is 6.16. The molecule has 1 amide bonds. The van der Waals surface area contributed by atoms with Gasteiger partial charge in [-0.3, -0.25) is 4.79 Å². The summed E-state index contributed by atoms with van der Waals surface area (Å²) < 4.78 is 41.9. The molecule has 1 aromatic heterocycles. The second-order valence-corrected chi connectivity index (χ2v) is 9.25. The number of anilines is 1. The number of halogens is 2. The fourth-order valence-electron chi connectivity index (χ4n) is 3.39. The first-order valence-electron chi connectivity index (χ1n) is 10.2.